The molecule has 0 saturated carbocycles. The van der Waals surface area contributed by atoms with Crippen molar-refractivity contribution in [3.8, 4) is 0 Å². The average Bonchev–Trinajstić information content (AvgIpc) is 2.67. The number of hydrogen-bond acceptors (Lipinski definition) is 8. The SMILES string of the molecule is O=C(NNc1ncnc(N2CCCCC2)c1[N+](=O)[O-])c1ccncc1. The lowest BCUT2D eigenvalue weighted by Crippen LogP contribution is -2.33. The molecule has 0 aromatic carbocycles. The van der Waals surface area contributed by atoms with E-state index in [-0.39, 0.29) is 17.3 Å². The van der Waals surface area contributed by atoms with Crippen LogP contribution in [0.25, 0.3) is 0 Å². The van der Waals surface area contributed by atoms with Gasteiger partial charge in [0.25, 0.3) is 5.91 Å². The second kappa shape index (κ2) is 7.51. The Labute approximate surface area is 143 Å². The summed E-state index contributed by atoms with van der Waals surface area (Å²) in [6.07, 6.45) is 7.23. The Morgan fingerprint density at radius 3 is 2.56 bits per heavy atom. The third kappa shape index (κ3) is 3.79. The van der Waals surface area contributed by atoms with Crippen molar-refractivity contribution in [1.29, 1.82) is 0 Å². The standard InChI is InChI=1S/C15H17N7O3/c23-15(11-4-6-16-7-5-11)20-19-13-12(22(24)25)14(18-10-17-13)21-8-2-1-3-9-21/h4-7,10H,1-3,8-9H2,(H,20,23)(H,17,18,19). The van der Waals surface area contributed by atoms with Gasteiger partial charge in [-0.3, -0.25) is 30.7 Å². The third-order valence-corrected chi connectivity index (χ3v) is 3.88. The number of aromatic nitrogens is 3. The van der Waals surface area contributed by atoms with E-state index in [1.54, 1.807) is 0 Å². The van der Waals surface area contributed by atoms with Crippen LogP contribution in [0.15, 0.2) is 30.9 Å². The van der Waals surface area contributed by atoms with E-state index in [4.69, 9.17) is 0 Å². The molecule has 2 aromatic rings. The van der Waals surface area contributed by atoms with Crippen LogP contribution >= 0.6 is 0 Å². The number of carbonyl (C=O) groups is 1. The highest BCUT2D eigenvalue weighted by Crippen LogP contribution is 2.32. The lowest BCUT2D eigenvalue weighted by atomic mass is 10.1. The topological polar surface area (TPSA) is 126 Å². The molecule has 3 rings (SSSR count). The molecule has 0 spiro atoms. The molecular formula is C15H17N7O3. The number of hydrogen-bond donors (Lipinski definition) is 2. The first-order valence-corrected chi connectivity index (χ1v) is 7.87. The molecule has 0 unspecified atom stereocenters. The van der Waals surface area contributed by atoms with E-state index in [1.165, 1.54) is 30.9 Å². The van der Waals surface area contributed by atoms with Crippen LogP contribution in [-0.2, 0) is 0 Å². The first kappa shape index (κ1) is 16.6. The maximum atomic E-state index is 12.1. The molecule has 25 heavy (non-hydrogen) atoms. The minimum absolute atomic E-state index is 0.0528. The molecule has 2 aromatic heterocycles. The quantitative estimate of drug-likeness (QED) is 0.618. The molecule has 0 bridgehead atoms. The van der Waals surface area contributed by atoms with Gasteiger partial charge in [0.2, 0.25) is 11.6 Å². The van der Waals surface area contributed by atoms with Crippen LogP contribution in [0.4, 0.5) is 17.3 Å². The van der Waals surface area contributed by atoms with Crippen LogP contribution in [-0.4, -0.2) is 38.9 Å². The maximum Gasteiger partial charge on any atom is 0.355 e. The Hall–Kier alpha value is -3.30. The molecule has 10 nitrogen and oxygen atoms in total. The lowest BCUT2D eigenvalue weighted by molar-refractivity contribution is -0.383. The third-order valence-electron chi connectivity index (χ3n) is 3.88. The van der Waals surface area contributed by atoms with Gasteiger partial charge in [0.15, 0.2) is 0 Å². The molecule has 0 atom stereocenters. The van der Waals surface area contributed by atoms with Crippen molar-refractivity contribution in [2.75, 3.05) is 23.4 Å². The first-order valence-electron chi connectivity index (χ1n) is 7.87. The Morgan fingerprint density at radius 2 is 1.88 bits per heavy atom. The highest BCUT2D eigenvalue weighted by molar-refractivity contribution is 5.94. The van der Waals surface area contributed by atoms with Crippen molar-refractivity contribution in [2.45, 2.75) is 19.3 Å². The summed E-state index contributed by atoms with van der Waals surface area (Å²) in [6, 6.07) is 3.06. The minimum Gasteiger partial charge on any atom is -0.351 e. The summed E-state index contributed by atoms with van der Waals surface area (Å²) in [6.45, 7) is 1.42. The molecule has 0 aliphatic carbocycles. The van der Waals surface area contributed by atoms with Crippen molar-refractivity contribution < 1.29 is 9.72 Å². The number of carbonyl (C=O) groups excluding carboxylic acids is 1. The summed E-state index contributed by atoms with van der Waals surface area (Å²) in [5.41, 5.74) is 5.06. The summed E-state index contributed by atoms with van der Waals surface area (Å²) in [7, 11) is 0. The highest BCUT2D eigenvalue weighted by Gasteiger charge is 2.28. The molecule has 1 amide bonds. The van der Waals surface area contributed by atoms with Crippen molar-refractivity contribution in [1.82, 2.24) is 20.4 Å². The molecule has 1 aliphatic heterocycles. The second-order valence-electron chi connectivity index (χ2n) is 5.51. The van der Waals surface area contributed by atoms with E-state index in [1.807, 2.05) is 4.90 Å². The summed E-state index contributed by atoms with van der Waals surface area (Å²) in [5, 5.41) is 11.5. The number of hydrazine groups is 1. The lowest BCUT2D eigenvalue weighted by Gasteiger charge is -2.27. The predicted octanol–water partition coefficient (Wildman–Crippen LogP) is 1.53. The minimum atomic E-state index is -0.537. The molecule has 0 radical (unpaired) electrons. The van der Waals surface area contributed by atoms with Crippen LogP contribution in [0, 0.1) is 10.1 Å². The monoisotopic (exact) mass is 343 g/mol. The van der Waals surface area contributed by atoms with Crippen molar-refractivity contribution in [2.24, 2.45) is 0 Å². The predicted molar refractivity (Wildman–Crippen MR) is 90.1 cm³/mol. The number of nitro groups is 1. The number of nitrogens with zero attached hydrogens (tertiary/aromatic N) is 5. The Balaban J connectivity index is 1.81. The fraction of sp³-hybridized carbons (Fsp3) is 0.333. The summed E-state index contributed by atoms with van der Waals surface area (Å²) >= 11 is 0. The van der Waals surface area contributed by atoms with Gasteiger partial charge in [-0.15, -0.1) is 0 Å². The Bertz CT molecular complexity index is 763. The Morgan fingerprint density at radius 1 is 1.16 bits per heavy atom. The summed E-state index contributed by atoms with van der Waals surface area (Å²) in [5.74, 6) is -0.238. The van der Waals surface area contributed by atoms with E-state index in [9.17, 15) is 14.9 Å². The van der Waals surface area contributed by atoms with Gasteiger partial charge in [0.1, 0.15) is 6.33 Å². The fourth-order valence-electron chi connectivity index (χ4n) is 2.66. The number of nitrogens with one attached hydrogen (secondary N) is 2. The van der Waals surface area contributed by atoms with Gasteiger partial charge in [-0.05, 0) is 31.4 Å². The number of piperidine rings is 1. The van der Waals surface area contributed by atoms with Crippen LogP contribution < -0.4 is 15.8 Å². The largest absolute Gasteiger partial charge is 0.355 e. The smallest absolute Gasteiger partial charge is 0.351 e. The molecule has 3 heterocycles. The van der Waals surface area contributed by atoms with E-state index in [0.717, 1.165) is 19.3 Å². The normalized spacial score (nSPS) is 14.0. The number of pyridine rings is 1. The van der Waals surface area contributed by atoms with Gasteiger partial charge in [-0.2, -0.15) is 0 Å². The molecule has 2 N–H and O–H groups in total. The molecule has 10 heteroatoms. The van der Waals surface area contributed by atoms with E-state index in [2.05, 4.69) is 25.8 Å². The van der Waals surface area contributed by atoms with Gasteiger partial charge in [-0.25, -0.2) is 9.97 Å². The fourth-order valence-corrected chi connectivity index (χ4v) is 2.66. The summed E-state index contributed by atoms with van der Waals surface area (Å²) in [4.78, 5) is 36.8. The molecule has 1 fully saturated rings. The number of amides is 1. The zero-order valence-corrected chi connectivity index (χ0v) is 13.4. The zero-order valence-electron chi connectivity index (χ0n) is 13.4. The van der Waals surface area contributed by atoms with E-state index < -0.39 is 10.8 Å². The van der Waals surface area contributed by atoms with Crippen LogP contribution in [0.1, 0.15) is 29.6 Å². The average molecular weight is 343 g/mol. The van der Waals surface area contributed by atoms with Gasteiger partial charge in [0, 0.05) is 31.0 Å². The molecule has 130 valence electrons. The van der Waals surface area contributed by atoms with Crippen LogP contribution in [0.2, 0.25) is 0 Å². The molecular weight excluding hydrogens is 326 g/mol. The summed E-state index contributed by atoms with van der Waals surface area (Å²) < 4.78 is 0. The van der Waals surface area contributed by atoms with Crippen molar-refractivity contribution in [3.63, 3.8) is 0 Å². The van der Waals surface area contributed by atoms with Gasteiger partial charge in [-0.1, -0.05) is 0 Å². The van der Waals surface area contributed by atoms with Crippen molar-refractivity contribution in [3.05, 3.63) is 46.5 Å². The number of rotatable bonds is 5. The van der Waals surface area contributed by atoms with Crippen LogP contribution in [0.3, 0.4) is 0 Å². The zero-order chi connectivity index (χ0) is 17.6. The van der Waals surface area contributed by atoms with Crippen molar-refractivity contribution >= 4 is 23.2 Å². The number of anilines is 2. The Kier molecular flexibility index (Phi) is 4.97. The molecule has 1 aliphatic rings. The van der Waals surface area contributed by atoms with E-state index in [0.29, 0.717) is 18.7 Å². The second-order valence-corrected chi connectivity index (χ2v) is 5.51. The van der Waals surface area contributed by atoms with Crippen LogP contribution in [0.5, 0.6) is 0 Å². The van der Waals surface area contributed by atoms with E-state index >= 15 is 0 Å². The maximum absolute atomic E-state index is 12.1. The van der Waals surface area contributed by atoms with Gasteiger partial charge in [0.05, 0.1) is 4.92 Å². The van der Waals surface area contributed by atoms with Gasteiger partial charge < -0.3 is 4.90 Å². The highest BCUT2D eigenvalue weighted by atomic mass is 16.6. The first-order chi connectivity index (χ1) is 12.2. The van der Waals surface area contributed by atoms with Gasteiger partial charge >= 0.3 is 5.69 Å². The molecule has 1 saturated heterocycles.